The van der Waals surface area contributed by atoms with Gasteiger partial charge in [-0.3, -0.25) is 4.79 Å². The van der Waals surface area contributed by atoms with Crippen molar-refractivity contribution in [3.05, 3.63) is 51.3 Å². The highest BCUT2D eigenvalue weighted by atomic mass is 32.1. The number of halogens is 3. The van der Waals surface area contributed by atoms with Crippen LogP contribution in [0.25, 0.3) is 0 Å². The zero-order valence-electron chi connectivity index (χ0n) is 15.0. The number of nitrogens with zero attached hydrogens (tertiary/aromatic N) is 3. The zero-order chi connectivity index (χ0) is 19.3. The van der Waals surface area contributed by atoms with E-state index in [9.17, 15) is 18.0 Å². The van der Waals surface area contributed by atoms with Crippen LogP contribution in [0, 0.1) is 22.2 Å². The number of carbonyl (C=O) groups is 1. The van der Waals surface area contributed by atoms with E-state index in [4.69, 9.17) is 12.2 Å². The fourth-order valence-corrected chi connectivity index (χ4v) is 4.54. The lowest BCUT2D eigenvalue weighted by Gasteiger charge is -2.16. The van der Waals surface area contributed by atoms with E-state index in [0.717, 1.165) is 49.5 Å². The molecule has 2 aliphatic heterocycles. The molecule has 144 valence electrons. The number of benzene rings is 1. The van der Waals surface area contributed by atoms with Gasteiger partial charge < -0.3 is 14.0 Å². The highest BCUT2D eigenvalue weighted by Crippen LogP contribution is 2.36. The summed E-state index contributed by atoms with van der Waals surface area (Å²) in [6.45, 7) is 1.81. The van der Waals surface area contributed by atoms with Gasteiger partial charge in [0.2, 0.25) is 5.91 Å². The SMILES string of the molecule is Cn1c(CC(=O)N2CCCC2)c2n(c1=S)C[C@@H](c1c(F)ccc(F)c1F)C2. The number of amides is 1. The first-order valence-electron chi connectivity index (χ1n) is 9.07. The van der Waals surface area contributed by atoms with Crippen molar-refractivity contribution < 1.29 is 18.0 Å². The first-order valence-corrected chi connectivity index (χ1v) is 9.47. The number of hydrogen-bond donors (Lipinski definition) is 0. The largest absolute Gasteiger partial charge is 0.342 e. The fourth-order valence-electron chi connectivity index (χ4n) is 4.25. The molecule has 4 nitrogen and oxygen atoms in total. The number of likely N-dealkylation sites (tertiary alicyclic amines) is 1. The molecule has 4 rings (SSSR count). The highest BCUT2D eigenvalue weighted by Gasteiger charge is 2.33. The van der Waals surface area contributed by atoms with E-state index in [1.165, 1.54) is 0 Å². The Morgan fingerprint density at radius 2 is 1.85 bits per heavy atom. The van der Waals surface area contributed by atoms with Gasteiger partial charge in [-0.25, -0.2) is 13.2 Å². The number of fused-ring (bicyclic) bond motifs is 1. The summed E-state index contributed by atoms with van der Waals surface area (Å²) in [5.74, 6) is -3.46. The van der Waals surface area contributed by atoms with Crippen LogP contribution >= 0.6 is 12.2 Å². The molecular weight excluding hydrogens is 375 g/mol. The first kappa shape index (κ1) is 18.3. The summed E-state index contributed by atoms with van der Waals surface area (Å²) in [5, 5.41) is 0. The molecule has 0 N–H and O–H groups in total. The second-order valence-electron chi connectivity index (χ2n) is 7.27. The van der Waals surface area contributed by atoms with Crippen LogP contribution in [0.15, 0.2) is 12.1 Å². The van der Waals surface area contributed by atoms with E-state index < -0.39 is 23.4 Å². The summed E-state index contributed by atoms with van der Waals surface area (Å²) >= 11 is 5.46. The van der Waals surface area contributed by atoms with Gasteiger partial charge in [0.05, 0.1) is 6.42 Å². The molecule has 1 fully saturated rings. The van der Waals surface area contributed by atoms with Crippen LogP contribution in [-0.4, -0.2) is 33.0 Å². The zero-order valence-corrected chi connectivity index (χ0v) is 15.8. The van der Waals surface area contributed by atoms with Crippen LogP contribution < -0.4 is 0 Å². The average Bonchev–Trinajstić information content (AvgIpc) is 3.35. The monoisotopic (exact) mass is 395 g/mol. The Hall–Kier alpha value is -2.09. The van der Waals surface area contributed by atoms with Crippen molar-refractivity contribution in [3.8, 4) is 0 Å². The molecule has 2 aromatic rings. The molecule has 1 atom stereocenters. The van der Waals surface area contributed by atoms with Crippen LogP contribution in [0.1, 0.15) is 35.7 Å². The summed E-state index contributed by atoms with van der Waals surface area (Å²) in [6, 6.07) is 1.75. The number of imidazole rings is 1. The minimum atomic E-state index is -1.14. The molecule has 27 heavy (non-hydrogen) atoms. The number of rotatable bonds is 3. The molecule has 1 saturated heterocycles. The van der Waals surface area contributed by atoms with Crippen LogP contribution in [0.4, 0.5) is 13.2 Å². The van der Waals surface area contributed by atoms with Gasteiger partial charge in [-0.2, -0.15) is 0 Å². The molecule has 1 aromatic carbocycles. The lowest BCUT2D eigenvalue weighted by Crippen LogP contribution is -2.30. The van der Waals surface area contributed by atoms with Crippen molar-refractivity contribution in [2.75, 3.05) is 13.1 Å². The maximum Gasteiger partial charge on any atom is 0.228 e. The van der Waals surface area contributed by atoms with Crippen LogP contribution in [0.5, 0.6) is 0 Å². The van der Waals surface area contributed by atoms with Crippen molar-refractivity contribution in [2.24, 2.45) is 7.05 Å². The highest BCUT2D eigenvalue weighted by molar-refractivity contribution is 7.71. The summed E-state index contributed by atoms with van der Waals surface area (Å²) in [5.41, 5.74) is 1.34. The van der Waals surface area contributed by atoms with Crippen molar-refractivity contribution in [1.82, 2.24) is 14.0 Å². The van der Waals surface area contributed by atoms with Gasteiger partial charge in [-0.1, -0.05) is 0 Å². The number of carbonyl (C=O) groups excluding carboxylic acids is 1. The number of aromatic nitrogens is 2. The summed E-state index contributed by atoms with van der Waals surface area (Å²) < 4.78 is 46.2. The van der Waals surface area contributed by atoms with Gasteiger partial charge in [0.25, 0.3) is 0 Å². The van der Waals surface area contributed by atoms with Crippen molar-refractivity contribution in [3.63, 3.8) is 0 Å². The quantitative estimate of drug-likeness (QED) is 0.588. The standard InChI is InChI=1S/C19H20F3N3OS/c1-23-14(9-16(26)24-6-2-3-7-24)15-8-11(10-25(15)19(23)27)17-12(20)4-5-13(21)18(17)22/h4-5,11H,2-3,6-10H2,1H3/t11-/m0/s1. The molecule has 0 spiro atoms. The van der Waals surface area contributed by atoms with Gasteiger partial charge >= 0.3 is 0 Å². The Morgan fingerprint density at radius 1 is 1.19 bits per heavy atom. The third-order valence-electron chi connectivity index (χ3n) is 5.69. The number of hydrogen-bond acceptors (Lipinski definition) is 2. The second-order valence-corrected chi connectivity index (χ2v) is 7.63. The van der Waals surface area contributed by atoms with E-state index in [1.807, 2.05) is 9.47 Å². The normalized spacial score (nSPS) is 19.0. The van der Waals surface area contributed by atoms with Crippen LogP contribution in [0.2, 0.25) is 0 Å². The molecule has 0 saturated carbocycles. The molecule has 0 radical (unpaired) electrons. The molecule has 0 unspecified atom stereocenters. The topological polar surface area (TPSA) is 30.2 Å². The van der Waals surface area contributed by atoms with Gasteiger partial charge in [-0.05, 0) is 43.6 Å². The van der Waals surface area contributed by atoms with Gasteiger partial charge in [0.1, 0.15) is 5.82 Å². The van der Waals surface area contributed by atoms with Crippen LogP contribution in [-0.2, 0) is 31.2 Å². The second kappa shape index (κ2) is 6.82. The minimum absolute atomic E-state index is 0.0399. The Kier molecular flexibility index (Phi) is 4.61. The Bertz CT molecular complexity index is 976. The predicted molar refractivity (Wildman–Crippen MR) is 96.5 cm³/mol. The first-order chi connectivity index (χ1) is 12.9. The molecule has 8 heteroatoms. The summed E-state index contributed by atoms with van der Waals surface area (Å²) in [6.07, 6.45) is 2.56. The maximum atomic E-state index is 14.2. The van der Waals surface area contributed by atoms with Crippen molar-refractivity contribution in [1.29, 1.82) is 0 Å². The Balaban J connectivity index is 1.66. The predicted octanol–water partition coefficient (Wildman–Crippen LogP) is 3.48. The lowest BCUT2D eigenvalue weighted by molar-refractivity contribution is -0.129. The van der Waals surface area contributed by atoms with E-state index in [1.54, 1.807) is 11.6 Å². The molecule has 0 bridgehead atoms. The van der Waals surface area contributed by atoms with Crippen LogP contribution in [0.3, 0.4) is 0 Å². The molecular formula is C19H20F3N3OS. The third-order valence-corrected chi connectivity index (χ3v) is 6.18. The molecule has 1 amide bonds. The summed E-state index contributed by atoms with van der Waals surface area (Å²) in [4.78, 5) is 14.4. The van der Waals surface area contributed by atoms with Gasteiger partial charge in [0.15, 0.2) is 16.4 Å². The summed E-state index contributed by atoms with van der Waals surface area (Å²) in [7, 11) is 1.80. The average molecular weight is 395 g/mol. The Morgan fingerprint density at radius 3 is 2.56 bits per heavy atom. The minimum Gasteiger partial charge on any atom is -0.342 e. The third kappa shape index (κ3) is 2.99. The molecule has 2 aliphatic rings. The van der Waals surface area contributed by atoms with E-state index in [2.05, 4.69) is 0 Å². The fraction of sp³-hybridized carbons (Fsp3) is 0.474. The lowest BCUT2D eigenvalue weighted by atomic mass is 9.95. The Labute approximate surface area is 160 Å². The van der Waals surface area contributed by atoms with Gasteiger partial charge in [0, 0.05) is 49.6 Å². The van der Waals surface area contributed by atoms with Crippen molar-refractivity contribution in [2.45, 2.75) is 38.1 Å². The van der Waals surface area contributed by atoms with Crippen molar-refractivity contribution >= 4 is 18.1 Å². The van der Waals surface area contributed by atoms with E-state index in [-0.39, 0.29) is 24.4 Å². The molecule has 3 heterocycles. The maximum absolute atomic E-state index is 14.2. The molecule has 1 aromatic heterocycles. The van der Waals surface area contributed by atoms with E-state index in [0.29, 0.717) is 11.2 Å². The van der Waals surface area contributed by atoms with Gasteiger partial charge in [-0.15, -0.1) is 0 Å². The molecule has 0 aliphatic carbocycles. The smallest absolute Gasteiger partial charge is 0.228 e. The van der Waals surface area contributed by atoms with E-state index >= 15 is 0 Å².